The second kappa shape index (κ2) is 21.8. The summed E-state index contributed by atoms with van der Waals surface area (Å²) in [5, 5.41) is 0. The predicted octanol–water partition coefficient (Wildman–Crippen LogP) is 4.22. The van der Waals surface area contributed by atoms with Gasteiger partial charge in [0.25, 0.3) is 0 Å². The molecule has 12 heteroatoms. The van der Waals surface area contributed by atoms with Gasteiger partial charge in [0.1, 0.15) is 0 Å². The topological polar surface area (TPSA) is 73.8 Å². The minimum absolute atomic E-state index is 0.256. The van der Waals surface area contributed by atoms with E-state index in [0.717, 1.165) is 49.9 Å². The zero-order valence-corrected chi connectivity index (χ0v) is 26.3. The van der Waals surface area contributed by atoms with Crippen LogP contribution in [-0.4, -0.2) is 94.0 Å². The van der Waals surface area contributed by atoms with Crippen LogP contribution in [0.3, 0.4) is 0 Å². The third kappa shape index (κ3) is 15.3. The van der Waals surface area contributed by atoms with Gasteiger partial charge in [-0.25, -0.2) is 0 Å². The Kier molecular flexibility index (Phi) is 22.2. The summed E-state index contributed by atoms with van der Waals surface area (Å²) in [6.45, 7) is 0. The molecule has 8 nitrogen and oxygen atoms in total. The Morgan fingerprint density at radius 3 is 0.697 bits per heavy atom. The summed E-state index contributed by atoms with van der Waals surface area (Å²) >= 11 is 0. The molecule has 33 heavy (non-hydrogen) atoms. The molecule has 0 aliphatic rings. The summed E-state index contributed by atoms with van der Waals surface area (Å²) < 4.78 is 44.3. The standard InChI is InChI=1S/C21H48O8Si4/c1-22-30(23-2)17-9-13-21(14-10-18-31(24-3)25-4,15-11-19-32(26-5)27-6)16-12-20-33(28-7)29-8/h9-20H2,1-8H3. The van der Waals surface area contributed by atoms with Gasteiger partial charge >= 0.3 is 37.1 Å². The van der Waals surface area contributed by atoms with Crippen molar-refractivity contribution in [1.82, 2.24) is 0 Å². The molecule has 0 aromatic heterocycles. The van der Waals surface area contributed by atoms with E-state index >= 15 is 0 Å². The molecule has 0 aromatic carbocycles. The second-order valence-corrected chi connectivity index (χ2v) is 16.3. The van der Waals surface area contributed by atoms with Crippen molar-refractivity contribution in [2.45, 2.75) is 75.5 Å². The number of hydrogen-bond acceptors (Lipinski definition) is 8. The van der Waals surface area contributed by atoms with E-state index in [1.165, 1.54) is 25.7 Å². The minimum atomic E-state index is -1.17. The zero-order valence-electron chi connectivity index (χ0n) is 22.3. The van der Waals surface area contributed by atoms with E-state index in [4.69, 9.17) is 35.4 Å². The summed E-state index contributed by atoms with van der Waals surface area (Å²) in [6, 6.07) is 4.00. The molecule has 0 aliphatic heterocycles. The molecule has 0 N–H and O–H groups in total. The monoisotopic (exact) mass is 540 g/mol. The maximum atomic E-state index is 5.53. The Morgan fingerprint density at radius 2 is 0.545 bits per heavy atom. The Balaban J connectivity index is 5.33. The first-order chi connectivity index (χ1) is 16.0. The van der Waals surface area contributed by atoms with Gasteiger partial charge in [-0.15, -0.1) is 0 Å². The van der Waals surface area contributed by atoms with Gasteiger partial charge < -0.3 is 35.4 Å². The average molecular weight is 541 g/mol. The van der Waals surface area contributed by atoms with Crippen molar-refractivity contribution in [2.24, 2.45) is 5.41 Å². The van der Waals surface area contributed by atoms with Crippen LogP contribution in [0.4, 0.5) is 0 Å². The van der Waals surface area contributed by atoms with Crippen LogP contribution in [0.15, 0.2) is 0 Å². The molecule has 0 spiro atoms. The van der Waals surface area contributed by atoms with Gasteiger partial charge in [-0.3, -0.25) is 0 Å². The highest BCUT2D eigenvalue weighted by atomic mass is 28.3. The van der Waals surface area contributed by atoms with Crippen molar-refractivity contribution in [3.8, 4) is 0 Å². The maximum absolute atomic E-state index is 5.53. The van der Waals surface area contributed by atoms with Gasteiger partial charge in [-0.1, -0.05) is 25.7 Å². The lowest BCUT2D eigenvalue weighted by atomic mass is 9.72. The van der Waals surface area contributed by atoms with E-state index in [1.54, 1.807) is 56.9 Å². The molecule has 0 fully saturated rings. The van der Waals surface area contributed by atoms with Crippen molar-refractivity contribution in [3.05, 3.63) is 0 Å². The lowest BCUT2D eigenvalue weighted by Gasteiger charge is -2.35. The van der Waals surface area contributed by atoms with Crippen LogP contribution in [0.25, 0.3) is 0 Å². The van der Waals surface area contributed by atoms with Gasteiger partial charge in [-0.05, 0) is 55.3 Å². The molecule has 4 radical (unpaired) electrons. The molecule has 0 aliphatic carbocycles. The Bertz CT molecular complexity index is 346. The van der Waals surface area contributed by atoms with Crippen molar-refractivity contribution in [2.75, 3.05) is 56.9 Å². The molecule has 0 unspecified atom stereocenters. The normalized spacial score (nSPS) is 12.7. The predicted molar refractivity (Wildman–Crippen MR) is 138 cm³/mol. The Labute approximate surface area is 210 Å². The van der Waals surface area contributed by atoms with Crippen LogP contribution < -0.4 is 0 Å². The highest BCUT2D eigenvalue weighted by Crippen LogP contribution is 2.42. The third-order valence-corrected chi connectivity index (χ3v) is 12.9. The molecule has 0 atom stereocenters. The number of rotatable bonds is 24. The van der Waals surface area contributed by atoms with Gasteiger partial charge in [0.05, 0.1) is 0 Å². The van der Waals surface area contributed by atoms with E-state index in [2.05, 4.69) is 0 Å². The van der Waals surface area contributed by atoms with Crippen LogP contribution in [0.2, 0.25) is 24.2 Å². The van der Waals surface area contributed by atoms with E-state index in [0.29, 0.717) is 0 Å². The van der Waals surface area contributed by atoms with Gasteiger partial charge in [0.2, 0.25) is 0 Å². The Morgan fingerprint density at radius 1 is 0.364 bits per heavy atom. The molecular weight excluding hydrogens is 493 g/mol. The van der Waals surface area contributed by atoms with Crippen LogP contribution in [0.5, 0.6) is 0 Å². The minimum Gasteiger partial charge on any atom is -0.397 e. The Hall–Kier alpha value is 0.548. The van der Waals surface area contributed by atoms with E-state index in [1.807, 2.05) is 0 Å². The van der Waals surface area contributed by atoms with Gasteiger partial charge in [0.15, 0.2) is 0 Å². The summed E-state index contributed by atoms with van der Waals surface area (Å²) in [4.78, 5) is 0. The molecule has 0 heterocycles. The smallest absolute Gasteiger partial charge is 0.384 e. The summed E-state index contributed by atoms with van der Waals surface area (Å²) in [7, 11) is 9.32. The van der Waals surface area contributed by atoms with Crippen molar-refractivity contribution >= 4 is 37.1 Å². The SMILES string of the molecule is CO[Si](CCCC(CCC[Si](OC)OC)(CCC[Si](OC)OC)CCC[Si](OC)OC)OC. The summed E-state index contributed by atoms with van der Waals surface area (Å²) in [5.41, 5.74) is 0.256. The van der Waals surface area contributed by atoms with Crippen LogP contribution in [-0.2, 0) is 35.4 Å². The van der Waals surface area contributed by atoms with Crippen LogP contribution in [0.1, 0.15) is 51.4 Å². The first kappa shape index (κ1) is 33.5. The summed E-state index contributed by atoms with van der Waals surface area (Å²) in [6.07, 6.45) is 9.12. The molecule has 0 bridgehead atoms. The fraction of sp³-hybridized carbons (Fsp3) is 1.00. The molecule has 196 valence electrons. The largest absolute Gasteiger partial charge is 0.397 e. The molecule has 0 aromatic rings. The highest BCUT2D eigenvalue weighted by Gasteiger charge is 2.31. The maximum Gasteiger partial charge on any atom is 0.384 e. The lowest BCUT2D eigenvalue weighted by Crippen LogP contribution is -2.27. The number of hydrogen-bond donors (Lipinski definition) is 0. The average Bonchev–Trinajstić information content (AvgIpc) is 2.85. The van der Waals surface area contributed by atoms with Gasteiger partial charge in [0, 0.05) is 56.9 Å². The van der Waals surface area contributed by atoms with E-state index in [9.17, 15) is 0 Å². The first-order valence-electron chi connectivity index (χ1n) is 11.7. The van der Waals surface area contributed by atoms with Crippen LogP contribution >= 0.6 is 0 Å². The molecular formula is C21H48O8Si4. The van der Waals surface area contributed by atoms with Crippen molar-refractivity contribution < 1.29 is 35.4 Å². The fourth-order valence-corrected chi connectivity index (χ4v) is 8.49. The van der Waals surface area contributed by atoms with Crippen LogP contribution in [0, 0.1) is 5.41 Å². The molecule has 0 amide bonds. The zero-order chi connectivity index (χ0) is 25.0. The lowest BCUT2D eigenvalue weighted by molar-refractivity contribution is 0.179. The quantitative estimate of drug-likeness (QED) is 0.169. The first-order valence-corrected chi connectivity index (χ1v) is 17.8. The van der Waals surface area contributed by atoms with E-state index < -0.39 is 37.1 Å². The van der Waals surface area contributed by atoms with Gasteiger partial charge in [-0.2, -0.15) is 0 Å². The van der Waals surface area contributed by atoms with E-state index in [-0.39, 0.29) is 5.41 Å². The van der Waals surface area contributed by atoms with Crippen molar-refractivity contribution in [1.29, 1.82) is 0 Å². The molecule has 0 rings (SSSR count). The second-order valence-electron chi connectivity index (χ2n) is 8.04. The van der Waals surface area contributed by atoms with Crippen molar-refractivity contribution in [3.63, 3.8) is 0 Å². The summed E-state index contributed by atoms with van der Waals surface area (Å²) in [5.74, 6) is 0. The third-order valence-electron chi connectivity index (χ3n) is 6.17. The fourth-order valence-electron chi connectivity index (χ4n) is 4.33. The molecule has 0 saturated carbocycles. The molecule has 0 saturated heterocycles. The highest BCUT2D eigenvalue weighted by molar-refractivity contribution is 6.45.